The van der Waals surface area contributed by atoms with Crippen molar-refractivity contribution in [3.63, 3.8) is 0 Å². The predicted molar refractivity (Wildman–Crippen MR) is 49.7 cm³/mol. The minimum Gasteiger partial charge on any atom is -0.273 e. The molecule has 0 heterocycles. The van der Waals surface area contributed by atoms with Crippen molar-refractivity contribution in [2.24, 2.45) is 5.10 Å². The van der Waals surface area contributed by atoms with Crippen LogP contribution in [0.4, 0.5) is 0 Å². The summed E-state index contributed by atoms with van der Waals surface area (Å²) in [6.45, 7) is 7.45. The number of nitrogens with zero attached hydrogens (tertiary/aromatic N) is 2. The fourth-order valence-corrected chi connectivity index (χ4v) is 0.678. The summed E-state index contributed by atoms with van der Waals surface area (Å²) in [5, 5.41) is 5.48. The van der Waals surface area contributed by atoms with E-state index in [9.17, 15) is 0 Å². The van der Waals surface area contributed by atoms with Gasteiger partial charge in [0.25, 0.3) is 0 Å². The quantitative estimate of drug-likeness (QED) is 0.409. The molecule has 0 N–H and O–H groups in total. The lowest BCUT2D eigenvalue weighted by Gasteiger charge is -2.12. The van der Waals surface area contributed by atoms with Crippen LogP contribution < -0.4 is 0 Å². The van der Waals surface area contributed by atoms with Crippen molar-refractivity contribution in [3.05, 3.63) is 9.28 Å². The second kappa shape index (κ2) is 3.87. The zero-order valence-electron chi connectivity index (χ0n) is 5.98. The summed E-state index contributed by atoms with van der Waals surface area (Å²) in [6.07, 6.45) is 0. The van der Waals surface area contributed by atoms with Crippen LogP contribution in [0.1, 0.15) is 13.8 Å². The lowest BCUT2D eigenvalue weighted by Crippen LogP contribution is -2.07. The van der Waals surface area contributed by atoms with Crippen LogP contribution in [0.25, 0.3) is 0 Å². The first kappa shape index (κ1) is 8.94. The maximum Gasteiger partial charge on any atom is 0.0423 e. The van der Waals surface area contributed by atoms with Gasteiger partial charge >= 0.3 is 0 Å². The molecule has 52 valence electrons. The standard InChI is InChI=1S/C6H11IN2/c1-5(7)6(2)9(4)8-3/h3H2,1-2,4H3/b6-5+. The molecule has 0 saturated carbocycles. The topological polar surface area (TPSA) is 15.6 Å². The Hall–Kier alpha value is -0.0600. The van der Waals surface area contributed by atoms with Gasteiger partial charge in [0, 0.05) is 23.0 Å². The van der Waals surface area contributed by atoms with Crippen LogP contribution in [0.3, 0.4) is 0 Å². The van der Waals surface area contributed by atoms with E-state index in [0.717, 1.165) is 5.70 Å². The highest BCUT2D eigenvalue weighted by Crippen LogP contribution is 2.13. The van der Waals surface area contributed by atoms with Crippen LogP contribution in [0, 0.1) is 0 Å². The number of allylic oxidation sites excluding steroid dienone is 2. The van der Waals surface area contributed by atoms with Gasteiger partial charge in [-0.2, -0.15) is 5.10 Å². The molecule has 0 saturated heterocycles. The fourth-order valence-electron chi connectivity index (χ4n) is 0.329. The van der Waals surface area contributed by atoms with E-state index < -0.39 is 0 Å². The molecular weight excluding hydrogens is 227 g/mol. The third-order valence-electron chi connectivity index (χ3n) is 1.20. The van der Waals surface area contributed by atoms with E-state index in [1.807, 2.05) is 20.9 Å². The number of hydrogen-bond acceptors (Lipinski definition) is 2. The monoisotopic (exact) mass is 238 g/mol. The molecule has 2 nitrogen and oxygen atoms in total. The Kier molecular flexibility index (Phi) is 3.84. The fraction of sp³-hybridized carbons (Fsp3) is 0.500. The Balaban J connectivity index is 4.19. The Bertz CT molecular complexity index is 136. The first-order valence-electron chi connectivity index (χ1n) is 2.63. The molecule has 0 bridgehead atoms. The lowest BCUT2D eigenvalue weighted by atomic mass is 10.4. The van der Waals surface area contributed by atoms with Gasteiger partial charge in [-0.3, -0.25) is 5.01 Å². The molecule has 3 heteroatoms. The summed E-state index contributed by atoms with van der Waals surface area (Å²) in [5.74, 6) is 0. The maximum atomic E-state index is 3.73. The lowest BCUT2D eigenvalue weighted by molar-refractivity contribution is 0.450. The molecule has 0 atom stereocenters. The van der Waals surface area contributed by atoms with E-state index in [4.69, 9.17) is 0 Å². The van der Waals surface area contributed by atoms with Crippen molar-refractivity contribution in [2.75, 3.05) is 7.05 Å². The average Bonchev–Trinajstić information content (AvgIpc) is 1.84. The van der Waals surface area contributed by atoms with Crippen LogP contribution >= 0.6 is 22.6 Å². The normalized spacial score (nSPS) is 12.4. The van der Waals surface area contributed by atoms with Crippen LogP contribution in [-0.4, -0.2) is 18.8 Å². The molecule has 0 rings (SSSR count). The second-order valence-corrected chi connectivity index (χ2v) is 3.40. The molecule has 0 aliphatic carbocycles. The van der Waals surface area contributed by atoms with Crippen molar-refractivity contribution in [3.8, 4) is 0 Å². The zero-order valence-corrected chi connectivity index (χ0v) is 8.14. The van der Waals surface area contributed by atoms with Crippen LogP contribution in [0.2, 0.25) is 0 Å². The molecule has 0 aromatic heterocycles. The summed E-state index contributed by atoms with van der Waals surface area (Å²) < 4.78 is 1.24. The van der Waals surface area contributed by atoms with E-state index >= 15 is 0 Å². The smallest absolute Gasteiger partial charge is 0.0423 e. The Morgan fingerprint density at radius 2 is 2.00 bits per heavy atom. The highest BCUT2D eigenvalue weighted by Gasteiger charge is 1.95. The van der Waals surface area contributed by atoms with Crippen molar-refractivity contribution < 1.29 is 0 Å². The molecule has 0 radical (unpaired) electrons. The van der Waals surface area contributed by atoms with Gasteiger partial charge < -0.3 is 0 Å². The summed E-state index contributed by atoms with van der Waals surface area (Å²) in [6, 6.07) is 0. The van der Waals surface area contributed by atoms with Gasteiger partial charge in [-0.25, -0.2) is 0 Å². The largest absolute Gasteiger partial charge is 0.273 e. The number of hydrogen-bond donors (Lipinski definition) is 0. The molecule has 0 aromatic carbocycles. The SMILES string of the molecule is C=NN(C)/C(C)=C(\C)I. The van der Waals surface area contributed by atoms with E-state index in [1.165, 1.54) is 3.58 Å². The number of hydrazone groups is 1. The van der Waals surface area contributed by atoms with Crippen molar-refractivity contribution in [1.82, 2.24) is 5.01 Å². The van der Waals surface area contributed by atoms with E-state index in [-0.39, 0.29) is 0 Å². The van der Waals surface area contributed by atoms with Gasteiger partial charge in [0.2, 0.25) is 0 Å². The number of rotatable bonds is 2. The molecular formula is C6H11IN2. The first-order valence-corrected chi connectivity index (χ1v) is 3.70. The summed E-state index contributed by atoms with van der Waals surface area (Å²) in [7, 11) is 1.88. The Morgan fingerprint density at radius 1 is 1.56 bits per heavy atom. The molecule has 0 spiro atoms. The molecule has 0 amide bonds. The average molecular weight is 238 g/mol. The van der Waals surface area contributed by atoms with Crippen LogP contribution in [0.15, 0.2) is 14.4 Å². The van der Waals surface area contributed by atoms with Gasteiger partial charge in [-0.1, -0.05) is 0 Å². The third-order valence-corrected chi connectivity index (χ3v) is 1.98. The molecule has 0 unspecified atom stereocenters. The van der Waals surface area contributed by atoms with E-state index in [2.05, 4.69) is 34.4 Å². The Labute approximate surface area is 69.8 Å². The highest BCUT2D eigenvalue weighted by atomic mass is 127. The third kappa shape index (κ3) is 2.84. The minimum atomic E-state index is 1.14. The van der Waals surface area contributed by atoms with Crippen LogP contribution in [-0.2, 0) is 0 Å². The molecule has 0 fully saturated rings. The van der Waals surface area contributed by atoms with Gasteiger partial charge in [-0.15, -0.1) is 0 Å². The van der Waals surface area contributed by atoms with Crippen molar-refractivity contribution in [2.45, 2.75) is 13.8 Å². The van der Waals surface area contributed by atoms with Gasteiger partial charge in [0.05, 0.1) is 0 Å². The van der Waals surface area contributed by atoms with Crippen molar-refractivity contribution in [1.29, 1.82) is 0 Å². The maximum absolute atomic E-state index is 3.73. The van der Waals surface area contributed by atoms with Crippen molar-refractivity contribution >= 4 is 29.3 Å². The number of halogens is 1. The first-order chi connectivity index (χ1) is 4.09. The van der Waals surface area contributed by atoms with Gasteiger partial charge in [0.15, 0.2) is 0 Å². The van der Waals surface area contributed by atoms with E-state index in [1.54, 1.807) is 5.01 Å². The van der Waals surface area contributed by atoms with Gasteiger partial charge in [-0.05, 0) is 36.4 Å². The summed E-state index contributed by atoms with van der Waals surface area (Å²) in [4.78, 5) is 0. The minimum absolute atomic E-state index is 1.14. The summed E-state index contributed by atoms with van der Waals surface area (Å²) in [5.41, 5.74) is 1.14. The molecule has 0 aliphatic rings. The summed E-state index contributed by atoms with van der Waals surface area (Å²) >= 11 is 2.26. The Morgan fingerprint density at radius 3 is 2.11 bits per heavy atom. The van der Waals surface area contributed by atoms with E-state index in [0.29, 0.717) is 0 Å². The van der Waals surface area contributed by atoms with Crippen LogP contribution in [0.5, 0.6) is 0 Å². The molecule has 0 aliphatic heterocycles. The highest BCUT2D eigenvalue weighted by molar-refractivity contribution is 14.1. The second-order valence-electron chi connectivity index (χ2n) is 1.78. The van der Waals surface area contributed by atoms with Gasteiger partial charge in [0.1, 0.15) is 0 Å². The predicted octanol–water partition coefficient (Wildman–Crippen LogP) is 2.22. The molecule has 9 heavy (non-hydrogen) atoms. The zero-order chi connectivity index (χ0) is 7.44. The molecule has 0 aromatic rings.